The van der Waals surface area contributed by atoms with Crippen LogP contribution in [-0.2, 0) is 19.7 Å². The van der Waals surface area contributed by atoms with Gasteiger partial charge in [-0.25, -0.2) is 0 Å². The number of quaternary nitrogens is 1. The Labute approximate surface area is 175 Å². The molecule has 1 aliphatic heterocycles. The number of hydrogen-bond acceptors (Lipinski definition) is 4. The molecule has 2 N–H and O–H groups in total. The summed E-state index contributed by atoms with van der Waals surface area (Å²) in [5.74, 6) is 3.07. The predicted octanol–water partition coefficient (Wildman–Crippen LogP) is 3.92. The van der Waals surface area contributed by atoms with E-state index in [1.165, 1.54) is 5.56 Å². The van der Waals surface area contributed by atoms with Crippen molar-refractivity contribution in [3.8, 4) is 23.0 Å². The van der Waals surface area contributed by atoms with E-state index in [4.69, 9.17) is 30.5 Å². The highest BCUT2D eigenvalue weighted by atomic mass is 35.5. The first kappa shape index (κ1) is 19.4. The van der Waals surface area contributed by atoms with E-state index >= 15 is 0 Å². The fourth-order valence-electron chi connectivity index (χ4n) is 3.27. The number of para-hydroxylation sites is 1. The molecule has 1 aliphatic rings. The normalized spacial score (nSPS) is 12.1. The van der Waals surface area contributed by atoms with Crippen LogP contribution in [0.1, 0.15) is 16.7 Å². The van der Waals surface area contributed by atoms with Crippen LogP contribution in [0.25, 0.3) is 0 Å². The molecular weight excluding hydrogens is 390 g/mol. The fourth-order valence-corrected chi connectivity index (χ4v) is 3.46. The average molecular weight is 413 g/mol. The number of benzene rings is 3. The zero-order chi connectivity index (χ0) is 20.1. The number of rotatable bonds is 8. The van der Waals surface area contributed by atoms with E-state index in [9.17, 15) is 0 Å². The first-order valence-corrected chi connectivity index (χ1v) is 9.84. The topological polar surface area (TPSA) is 53.5 Å². The van der Waals surface area contributed by atoms with E-state index in [1.54, 1.807) is 7.11 Å². The van der Waals surface area contributed by atoms with Crippen molar-refractivity contribution >= 4 is 11.6 Å². The Morgan fingerprint density at radius 2 is 1.76 bits per heavy atom. The van der Waals surface area contributed by atoms with Gasteiger partial charge in [-0.3, -0.25) is 0 Å². The van der Waals surface area contributed by atoms with Crippen molar-refractivity contribution in [2.24, 2.45) is 0 Å². The number of fused-ring (bicyclic) bond motifs is 1. The second kappa shape index (κ2) is 9.07. The van der Waals surface area contributed by atoms with Crippen LogP contribution >= 0.6 is 11.6 Å². The molecule has 3 aromatic carbocycles. The molecular formula is C23H23ClNO4+. The van der Waals surface area contributed by atoms with E-state index in [0.717, 1.165) is 41.5 Å². The van der Waals surface area contributed by atoms with Crippen LogP contribution in [0, 0.1) is 0 Å². The molecule has 150 valence electrons. The lowest BCUT2D eigenvalue weighted by Gasteiger charge is -2.15. The molecule has 0 spiro atoms. The van der Waals surface area contributed by atoms with Gasteiger partial charge in [0.1, 0.15) is 19.7 Å². The first-order chi connectivity index (χ1) is 14.2. The van der Waals surface area contributed by atoms with Gasteiger partial charge in [0.2, 0.25) is 6.79 Å². The minimum Gasteiger partial charge on any atom is -0.493 e. The van der Waals surface area contributed by atoms with E-state index < -0.39 is 0 Å². The molecule has 4 rings (SSSR count). The Balaban J connectivity index is 1.43. The average Bonchev–Trinajstić information content (AvgIpc) is 3.21. The molecule has 1 heterocycles. The van der Waals surface area contributed by atoms with Crippen LogP contribution in [0.3, 0.4) is 0 Å². The summed E-state index contributed by atoms with van der Waals surface area (Å²) in [5, 5.41) is 2.91. The lowest BCUT2D eigenvalue weighted by atomic mass is 10.1. The minimum absolute atomic E-state index is 0.290. The molecule has 5 nitrogen and oxygen atoms in total. The van der Waals surface area contributed by atoms with Crippen LogP contribution in [0.5, 0.6) is 23.0 Å². The van der Waals surface area contributed by atoms with Crippen LogP contribution in [-0.4, -0.2) is 13.9 Å². The third kappa shape index (κ3) is 4.58. The molecule has 0 bridgehead atoms. The summed E-state index contributed by atoms with van der Waals surface area (Å²) in [6.45, 7) is 2.24. The smallest absolute Gasteiger partial charge is 0.231 e. The van der Waals surface area contributed by atoms with E-state index in [1.807, 2.05) is 48.5 Å². The molecule has 0 fully saturated rings. The second-order valence-corrected chi connectivity index (χ2v) is 7.12. The maximum atomic E-state index is 6.26. The SMILES string of the molecule is COc1cccc(C[NH2+]Cc2ccc3c(c2)OCO3)c1OCc1ccccc1Cl. The zero-order valence-electron chi connectivity index (χ0n) is 16.2. The third-order valence-corrected chi connectivity index (χ3v) is 5.16. The highest BCUT2D eigenvalue weighted by Crippen LogP contribution is 2.33. The Morgan fingerprint density at radius 3 is 2.62 bits per heavy atom. The largest absolute Gasteiger partial charge is 0.493 e. The van der Waals surface area contributed by atoms with Crippen LogP contribution < -0.4 is 24.3 Å². The zero-order valence-corrected chi connectivity index (χ0v) is 16.9. The summed E-state index contributed by atoms with van der Waals surface area (Å²) >= 11 is 6.26. The molecule has 0 radical (unpaired) electrons. The van der Waals surface area contributed by atoms with Crippen LogP contribution in [0.2, 0.25) is 5.02 Å². The van der Waals surface area contributed by atoms with Crippen molar-refractivity contribution in [2.45, 2.75) is 19.7 Å². The number of methoxy groups -OCH3 is 1. The number of ether oxygens (including phenoxy) is 4. The number of hydrogen-bond donors (Lipinski definition) is 1. The molecule has 0 saturated carbocycles. The summed E-state index contributed by atoms with van der Waals surface area (Å²) < 4.78 is 22.5. The lowest BCUT2D eigenvalue weighted by molar-refractivity contribution is -0.686. The minimum atomic E-state index is 0.290. The van der Waals surface area contributed by atoms with Crippen molar-refractivity contribution in [3.63, 3.8) is 0 Å². The maximum Gasteiger partial charge on any atom is 0.231 e. The van der Waals surface area contributed by atoms with Crippen molar-refractivity contribution in [1.29, 1.82) is 0 Å². The van der Waals surface area contributed by atoms with Gasteiger partial charge in [-0.15, -0.1) is 0 Å². The molecule has 3 aromatic rings. The summed E-state index contributed by atoms with van der Waals surface area (Å²) in [7, 11) is 1.65. The van der Waals surface area contributed by atoms with Gasteiger partial charge >= 0.3 is 0 Å². The van der Waals surface area contributed by atoms with Crippen molar-refractivity contribution < 1.29 is 24.3 Å². The highest BCUT2D eigenvalue weighted by Gasteiger charge is 2.15. The van der Waals surface area contributed by atoms with Crippen LogP contribution in [0.4, 0.5) is 0 Å². The molecule has 0 saturated heterocycles. The van der Waals surface area contributed by atoms with Gasteiger partial charge < -0.3 is 24.3 Å². The summed E-state index contributed by atoms with van der Waals surface area (Å²) in [6.07, 6.45) is 0. The standard InChI is InChI=1S/C23H22ClNO4/c1-26-21-8-4-6-17(23(21)27-14-18-5-2-3-7-19(18)24)13-25-12-16-9-10-20-22(11-16)29-15-28-20/h2-11,25H,12-15H2,1H3/p+1. The summed E-state index contributed by atoms with van der Waals surface area (Å²) in [5.41, 5.74) is 3.18. The monoisotopic (exact) mass is 412 g/mol. The van der Waals surface area contributed by atoms with Gasteiger partial charge in [-0.1, -0.05) is 35.9 Å². The predicted molar refractivity (Wildman–Crippen MR) is 111 cm³/mol. The number of halogens is 1. The Hall–Kier alpha value is -2.89. The van der Waals surface area contributed by atoms with Gasteiger partial charge in [0.05, 0.1) is 12.7 Å². The van der Waals surface area contributed by atoms with Crippen LogP contribution in [0.15, 0.2) is 60.7 Å². The highest BCUT2D eigenvalue weighted by molar-refractivity contribution is 6.31. The lowest BCUT2D eigenvalue weighted by Crippen LogP contribution is -2.80. The van der Waals surface area contributed by atoms with E-state index in [2.05, 4.69) is 17.4 Å². The van der Waals surface area contributed by atoms with Gasteiger partial charge in [0.15, 0.2) is 23.0 Å². The molecule has 0 unspecified atom stereocenters. The molecule has 6 heteroatoms. The number of nitrogens with two attached hydrogens (primary N) is 1. The van der Waals surface area contributed by atoms with Crippen molar-refractivity contribution in [3.05, 3.63) is 82.4 Å². The maximum absolute atomic E-state index is 6.26. The van der Waals surface area contributed by atoms with Gasteiger partial charge in [-0.2, -0.15) is 0 Å². The van der Waals surface area contributed by atoms with Crippen molar-refractivity contribution in [2.75, 3.05) is 13.9 Å². The van der Waals surface area contributed by atoms with E-state index in [-0.39, 0.29) is 0 Å². The third-order valence-electron chi connectivity index (χ3n) is 4.79. The molecule has 29 heavy (non-hydrogen) atoms. The quantitative estimate of drug-likeness (QED) is 0.609. The molecule has 0 aromatic heterocycles. The van der Waals surface area contributed by atoms with Gasteiger partial charge in [-0.05, 0) is 36.4 Å². The molecule has 0 atom stereocenters. The molecule has 0 amide bonds. The van der Waals surface area contributed by atoms with Gasteiger partial charge in [0.25, 0.3) is 0 Å². The first-order valence-electron chi connectivity index (χ1n) is 9.47. The fraction of sp³-hybridized carbons (Fsp3) is 0.217. The van der Waals surface area contributed by atoms with E-state index in [0.29, 0.717) is 24.2 Å². The summed E-state index contributed by atoms with van der Waals surface area (Å²) in [4.78, 5) is 0. The van der Waals surface area contributed by atoms with Gasteiger partial charge in [0, 0.05) is 16.1 Å². The Bertz CT molecular complexity index is 992. The summed E-state index contributed by atoms with van der Waals surface area (Å²) in [6, 6.07) is 19.7. The van der Waals surface area contributed by atoms with Crippen molar-refractivity contribution in [1.82, 2.24) is 0 Å². The Morgan fingerprint density at radius 1 is 0.931 bits per heavy atom. The molecule has 0 aliphatic carbocycles. The second-order valence-electron chi connectivity index (χ2n) is 6.71. The Kier molecular flexibility index (Phi) is 6.08.